The maximum Gasteiger partial charge on any atom is 0.205 e. The van der Waals surface area contributed by atoms with Crippen LogP contribution < -0.4 is 11.2 Å². The number of hydrogen-bond donors (Lipinski definition) is 1. The van der Waals surface area contributed by atoms with Gasteiger partial charge in [0.15, 0.2) is 6.29 Å². The molecule has 0 aliphatic rings. The highest BCUT2D eigenvalue weighted by Crippen LogP contribution is 2.26. The molecule has 0 saturated heterocycles. The van der Waals surface area contributed by atoms with Crippen LogP contribution in [0.5, 0.6) is 0 Å². The molecule has 0 amide bonds. The smallest absolute Gasteiger partial charge is 0.205 e. The number of anilines is 1. The van der Waals surface area contributed by atoms with Gasteiger partial charge >= 0.3 is 0 Å². The number of fused-ring (bicyclic) bond motifs is 1. The van der Waals surface area contributed by atoms with Crippen LogP contribution in [0, 0.1) is 0 Å². The van der Waals surface area contributed by atoms with Gasteiger partial charge in [-0.25, -0.2) is 0 Å². The first kappa shape index (κ1) is 12.4. The highest BCUT2D eigenvalue weighted by Gasteiger charge is 2.17. The Morgan fingerprint density at radius 1 is 1.28 bits per heavy atom. The first-order valence-corrected chi connectivity index (χ1v) is 5.66. The second kappa shape index (κ2) is 3.98. The predicted molar refractivity (Wildman–Crippen MR) is 71.0 cm³/mol. The molecule has 0 unspecified atom stereocenters. The van der Waals surface area contributed by atoms with Crippen molar-refractivity contribution in [3.63, 3.8) is 0 Å². The molecule has 1 aromatic carbocycles. The molecule has 2 N–H and O–H groups in total. The molecule has 0 fully saturated rings. The molecule has 0 saturated carbocycles. The molecule has 0 bridgehead atoms. The van der Waals surface area contributed by atoms with Gasteiger partial charge in [-0.1, -0.05) is 26.8 Å². The summed E-state index contributed by atoms with van der Waals surface area (Å²) in [5.41, 5.74) is 6.35. The van der Waals surface area contributed by atoms with Crippen molar-refractivity contribution in [2.24, 2.45) is 0 Å². The summed E-state index contributed by atoms with van der Waals surface area (Å²) in [6.07, 6.45) is 0.435. The van der Waals surface area contributed by atoms with Gasteiger partial charge in [-0.2, -0.15) is 0 Å². The van der Waals surface area contributed by atoms with Crippen LogP contribution in [-0.4, -0.2) is 6.29 Å². The van der Waals surface area contributed by atoms with Gasteiger partial charge in [0.1, 0.15) is 11.1 Å². The maximum absolute atomic E-state index is 12.1. The third-order valence-corrected chi connectivity index (χ3v) is 2.94. The van der Waals surface area contributed by atoms with Gasteiger partial charge in [-0.3, -0.25) is 9.59 Å². The number of aldehydes is 1. The van der Waals surface area contributed by atoms with Crippen molar-refractivity contribution in [2.75, 3.05) is 5.73 Å². The van der Waals surface area contributed by atoms with Crippen LogP contribution in [-0.2, 0) is 5.41 Å². The van der Waals surface area contributed by atoms with Gasteiger partial charge < -0.3 is 10.2 Å². The summed E-state index contributed by atoms with van der Waals surface area (Å²) in [6, 6.07) is 5.36. The summed E-state index contributed by atoms with van der Waals surface area (Å²) >= 11 is 0. The fraction of sp³-hybridized carbons (Fsp3) is 0.286. The van der Waals surface area contributed by atoms with Crippen molar-refractivity contribution in [2.45, 2.75) is 26.2 Å². The summed E-state index contributed by atoms with van der Waals surface area (Å²) in [4.78, 5) is 22.9. The molecular weight excluding hydrogens is 230 g/mol. The van der Waals surface area contributed by atoms with Crippen molar-refractivity contribution >= 4 is 23.1 Å². The van der Waals surface area contributed by atoms with Gasteiger partial charge in [0.25, 0.3) is 0 Å². The van der Waals surface area contributed by atoms with Crippen molar-refractivity contribution in [1.29, 1.82) is 0 Å². The third kappa shape index (κ3) is 1.90. The van der Waals surface area contributed by atoms with E-state index in [1.54, 1.807) is 12.1 Å². The maximum atomic E-state index is 12.1. The number of nitrogen functional groups attached to an aromatic ring is 1. The van der Waals surface area contributed by atoms with Crippen LogP contribution in [0.15, 0.2) is 27.4 Å². The number of hydrogen-bond acceptors (Lipinski definition) is 4. The topological polar surface area (TPSA) is 73.3 Å². The lowest BCUT2D eigenvalue weighted by molar-refractivity contribution is 0.112. The zero-order chi connectivity index (χ0) is 13.5. The summed E-state index contributed by atoms with van der Waals surface area (Å²) in [5, 5.41) is 0.388. The van der Waals surface area contributed by atoms with Crippen molar-refractivity contribution in [1.82, 2.24) is 0 Å². The molecule has 4 heteroatoms. The Kier molecular flexibility index (Phi) is 2.73. The van der Waals surface area contributed by atoms with E-state index in [1.165, 1.54) is 0 Å². The lowest BCUT2D eigenvalue weighted by atomic mass is 9.86. The molecule has 0 atom stereocenters. The Morgan fingerprint density at radius 3 is 2.50 bits per heavy atom. The van der Waals surface area contributed by atoms with E-state index in [1.807, 2.05) is 26.8 Å². The number of carbonyl (C=O) groups is 1. The molecule has 1 heterocycles. The SMILES string of the molecule is CC(C)(C)c1ccc2oc(N)c(C=O)c(=O)c2c1. The highest BCUT2D eigenvalue weighted by atomic mass is 16.3. The predicted octanol–water partition coefficient (Wildman–Crippen LogP) is 2.49. The Balaban J connectivity index is 2.85. The molecule has 0 aliphatic carbocycles. The Morgan fingerprint density at radius 2 is 1.94 bits per heavy atom. The fourth-order valence-electron chi connectivity index (χ4n) is 1.80. The van der Waals surface area contributed by atoms with Crippen LogP contribution in [0.4, 0.5) is 5.88 Å². The van der Waals surface area contributed by atoms with Crippen LogP contribution in [0.25, 0.3) is 11.0 Å². The molecule has 2 aromatic rings. The molecule has 94 valence electrons. The van der Waals surface area contributed by atoms with E-state index in [9.17, 15) is 9.59 Å². The second-order valence-electron chi connectivity index (χ2n) is 5.29. The largest absolute Gasteiger partial charge is 0.440 e. The standard InChI is InChI=1S/C14H15NO3/c1-14(2,3)8-4-5-11-9(6-8)12(17)10(7-16)13(15)18-11/h4-7H,15H2,1-3H3. The average molecular weight is 245 g/mol. The number of benzene rings is 1. The van der Waals surface area contributed by atoms with Crippen molar-refractivity contribution < 1.29 is 9.21 Å². The normalized spacial score (nSPS) is 11.7. The lowest BCUT2D eigenvalue weighted by Gasteiger charge is -2.19. The van der Waals surface area contributed by atoms with Gasteiger partial charge in [0.2, 0.25) is 11.3 Å². The van der Waals surface area contributed by atoms with Crippen LogP contribution in [0.2, 0.25) is 0 Å². The summed E-state index contributed by atoms with van der Waals surface area (Å²) in [6.45, 7) is 6.15. The third-order valence-electron chi connectivity index (χ3n) is 2.94. The van der Waals surface area contributed by atoms with Gasteiger partial charge in [-0.15, -0.1) is 0 Å². The summed E-state index contributed by atoms with van der Waals surface area (Å²) in [7, 11) is 0. The van der Waals surface area contributed by atoms with Crippen molar-refractivity contribution in [3.8, 4) is 0 Å². The quantitative estimate of drug-likeness (QED) is 0.783. The van der Waals surface area contributed by atoms with Gasteiger partial charge in [-0.05, 0) is 23.1 Å². The summed E-state index contributed by atoms with van der Waals surface area (Å²) < 4.78 is 5.28. The van der Waals surface area contributed by atoms with Crippen LogP contribution >= 0.6 is 0 Å². The van der Waals surface area contributed by atoms with E-state index >= 15 is 0 Å². The van der Waals surface area contributed by atoms with Crippen molar-refractivity contribution in [3.05, 3.63) is 39.5 Å². The minimum Gasteiger partial charge on any atom is -0.440 e. The fourth-order valence-corrected chi connectivity index (χ4v) is 1.80. The second-order valence-corrected chi connectivity index (χ2v) is 5.29. The highest BCUT2D eigenvalue weighted by molar-refractivity contribution is 5.89. The molecule has 0 aliphatic heterocycles. The number of rotatable bonds is 1. The van der Waals surface area contributed by atoms with Crippen LogP contribution in [0.1, 0.15) is 36.7 Å². The van der Waals surface area contributed by atoms with Gasteiger partial charge in [0, 0.05) is 0 Å². The number of carbonyl (C=O) groups excluding carboxylic acids is 1. The molecule has 0 radical (unpaired) electrons. The van der Waals surface area contributed by atoms with E-state index < -0.39 is 0 Å². The zero-order valence-electron chi connectivity index (χ0n) is 10.6. The van der Waals surface area contributed by atoms with E-state index in [2.05, 4.69) is 0 Å². The van der Waals surface area contributed by atoms with Gasteiger partial charge in [0.05, 0.1) is 5.39 Å². The lowest BCUT2D eigenvalue weighted by Crippen LogP contribution is -2.15. The zero-order valence-corrected chi connectivity index (χ0v) is 10.6. The van der Waals surface area contributed by atoms with E-state index in [-0.39, 0.29) is 22.3 Å². The van der Waals surface area contributed by atoms with E-state index in [0.717, 1.165) is 5.56 Å². The molecule has 2 rings (SSSR count). The average Bonchev–Trinajstić information content (AvgIpc) is 2.27. The Bertz CT molecular complexity index is 678. The summed E-state index contributed by atoms with van der Waals surface area (Å²) in [5.74, 6) is -0.133. The first-order chi connectivity index (χ1) is 8.34. The minimum atomic E-state index is -0.380. The molecule has 4 nitrogen and oxygen atoms in total. The van der Waals surface area contributed by atoms with Crippen LogP contribution in [0.3, 0.4) is 0 Å². The molecule has 1 aromatic heterocycles. The van der Waals surface area contributed by atoms with E-state index in [0.29, 0.717) is 17.3 Å². The monoisotopic (exact) mass is 245 g/mol. The number of nitrogens with two attached hydrogens (primary N) is 1. The molecule has 18 heavy (non-hydrogen) atoms. The molecular formula is C14H15NO3. The van der Waals surface area contributed by atoms with E-state index in [4.69, 9.17) is 10.2 Å². The Labute approximate surface area is 104 Å². The minimum absolute atomic E-state index is 0.0800. The molecule has 0 spiro atoms. The Hall–Kier alpha value is -2.10. The first-order valence-electron chi connectivity index (χ1n) is 5.66.